The van der Waals surface area contributed by atoms with E-state index in [1.54, 1.807) is 7.11 Å². The first kappa shape index (κ1) is 15.0. The quantitative estimate of drug-likeness (QED) is 0.672. The zero-order valence-corrected chi connectivity index (χ0v) is 11.1. The molecule has 0 bridgehead atoms. The largest absolute Gasteiger partial charge is 0.497 e. The van der Waals surface area contributed by atoms with Gasteiger partial charge in [0, 0.05) is 0 Å². The molecule has 0 fully saturated rings. The molecule has 1 aromatic carbocycles. The number of rotatable bonds is 6. The summed E-state index contributed by atoms with van der Waals surface area (Å²) in [5, 5.41) is 5.19. The SMILES string of the molecule is COc1ccc([C@@H](C)NC(=O)CNC(=O)CN)cc1. The molecule has 6 nitrogen and oxygen atoms in total. The maximum Gasteiger partial charge on any atom is 0.239 e. The number of amides is 2. The van der Waals surface area contributed by atoms with E-state index in [-0.39, 0.29) is 30.9 Å². The third kappa shape index (κ3) is 4.97. The van der Waals surface area contributed by atoms with Crippen molar-refractivity contribution >= 4 is 11.8 Å². The number of hydrogen-bond donors (Lipinski definition) is 3. The van der Waals surface area contributed by atoms with Crippen molar-refractivity contribution in [2.24, 2.45) is 5.73 Å². The lowest BCUT2D eigenvalue weighted by molar-refractivity contribution is -0.125. The Labute approximate surface area is 112 Å². The molecule has 0 spiro atoms. The number of nitrogens with one attached hydrogen (secondary N) is 2. The lowest BCUT2D eigenvalue weighted by Crippen LogP contribution is -2.40. The molecule has 19 heavy (non-hydrogen) atoms. The molecule has 104 valence electrons. The Balaban J connectivity index is 2.46. The molecule has 0 unspecified atom stereocenters. The van der Waals surface area contributed by atoms with Gasteiger partial charge >= 0.3 is 0 Å². The maximum atomic E-state index is 11.6. The highest BCUT2D eigenvalue weighted by molar-refractivity contribution is 5.85. The molecule has 4 N–H and O–H groups in total. The summed E-state index contributed by atoms with van der Waals surface area (Å²) in [6.07, 6.45) is 0. The molecule has 1 rings (SSSR count). The van der Waals surface area contributed by atoms with E-state index in [2.05, 4.69) is 10.6 Å². The van der Waals surface area contributed by atoms with E-state index in [0.29, 0.717) is 0 Å². The second kappa shape index (κ2) is 7.38. The molecule has 0 aliphatic carbocycles. The maximum absolute atomic E-state index is 11.6. The summed E-state index contributed by atoms with van der Waals surface area (Å²) in [4.78, 5) is 22.5. The Kier molecular flexibility index (Phi) is 5.81. The first-order chi connectivity index (χ1) is 9.06. The van der Waals surface area contributed by atoms with Gasteiger partial charge in [0.1, 0.15) is 5.75 Å². The van der Waals surface area contributed by atoms with E-state index in [0.717, 1.165) is 11.3 Å². The van der Waals surface area contributed by atoms with E-state index in [4.69, 9.17) is 10.5 Å². The molecule has 0 heterocycles. The number of nitrogens with two attached hydrogens (primary N) is 1. The van der Waals surface area contributed by atoms with Crippen LogP contribution in [0.5, 0.6) is 5.75 Å². The minimum atomic E-state index is -0.354. The second-order valence-corrected chi connectivity index (χ2v) is 4.04. The average Bonchev–Trinajstić information content (AvgIpc) is 2.44. The van der Waals surface area contributed by atoms with Gasteiger partial charge in [-0.05, 0) is 24.6 Å². The van der Waals surface area contributed by atoms with Gasteiger partial charge in [-0.1, -0.05) is 12.1 Å². The molecule has 0 saturated carbocycles. The predicted molar refractivity (Wildman–Crippen MR) is 71.6 cm³/mol. The topological polar surface area (TPSA) is 93.5 Å². The average molecular weight is 265 g/mol. The summed E-state index contributed by atoms with van der Waals surface area (Å²) < 4.78 is 5.06. The molecular formula is C13H19N3O3. The number of methoxy groups -OCH3 is 1. The van der Waals surface area contributed by atoms with Crippen LogP contribution >= 0.6 is 0 Å². The van der Waals surface area contributed by atoms with Crippen molar-refractivity contribution in [1.29, 1.82) is 0 Å². The van der Waals surface area contributed by atoms with E-state index < -0.39 is 0 Å². The van der Waals surface area contributed by atoms with Gasteiger partial charge in [0.2, 0.25) is 11.8 Å². The van der Waals surface area contributed by atoms with Crippen molar-refractivity contribution in [3.05, 3.63) is 29.8 Å². The van der Waals surface area contributed by atoms with Crippen molar-refractivity contribution in [2.75, 3.05) is 20.2 Å². The first-order valence-corrected chi connectivity index (χ1v) is 5.97. The summed E-state index contributed by atoms with van der Waals surface area (Å²) in [5.41, 5.74) is 6.08. The summed E-state index contributed by atoms with van der Waals surface area (Å²) in [7, 11) is 1.60. The van der Waals surface area contributed by atoms with E-state index in [1.807, 2.05) is 31.2 Å². The Bertz CT molecular complexity index is 431. The molecule has 0 radical (unpaired) electrons. The van der Waals surface area contributed by atoms with Crippen LogP contribution in [0.2, 0.25) is 0 Å². The van der Waals surface area contributed by atoms with Crippen molar-refractivity contribution in [3.8, 4) is 5.75 Å². The molecular weight excluding hydrogens is 246 g/mol. The molecule has 1 aromatic rings. The fourth-order valence-electron chi connectivity index (χ4n) is 1.52. The second-order valence-electron chi connectivity index (χ2n) is 4.04. The highest BCUT2D eigenvalue weighted by atomic mass is 16.5. The van der Waals surface area contributed by atoms with Crippen LogP contribution in [0.15, 0.2) is 24.3 Å². The van der Waals surface area contributed by atoms with Gasteiger partial charge in [-0.25, -0.2) is 0 Å². The standard InChI is InChI=1S/C13H19N3O3/c1-9(10-3-5-11(19-2)6-4-10)16-13(18)8-15-12(17)7-14/h3-6,9H,7-8,14H2,1-2H3,(H,15,17)(H,16,18)/t9-/m1/s1. The van der Waals surface area contributed by atoms with Gasteiger partial charge < -0.3 is 21.1 Å². The lowest BCUT2D eigenvalue weighted by Gasteiger charge is -2.15. The lowest BCUT2D eigenvalue weighted by atomic mass is 10.1. The number of carbonyl (C=O) groups excluding carboxylic acids is 2. The zero-order chi connectivity index (χ0) is 14.3. The fourth-order valence-corrected chi connectivity index (χ4v) is 1.52. The summed E-state index contributed by atoms with van der Waals surface area (Å²) >= 11 is 0. The monoisotopic (exact) mass is 265 g/mol. The number of benzene rings is 1. The number of hydrogen-bond acceptors (Lipinski definition) is 4. The van der Waals surface area contributed by atoms with Crippen molar-refractivity contribution in [2.45, 2.75) is 13.0 Å². The summed E-state index contributed by atoms with van der Waals surface area (Å²) in [6, 6.07) is 7.26. The van der Waals surface area contributed by atoms with Gasteiger partial charge in [0.05, 0.1) is 26.2 Å². The Morgan fingerprint density at radius 2 is 1.89 bits per heavy atom. The van der Waals surface area contributed by atoms with Crippen LogP contribution in [0.4, 0.5) is 0 Å². The summed E-state index contributed by atoms with van der Waals surface area (Å²) in [5.74, 6) is 0.148. The van der Waals surface area contributed by atoms with Crippen LogP contribution in [0.1, 0.15) is 18.5 Å². The molecule has 0 aliphatic heterocycles. The van der Waals surface area contributed by atoms with Crippen LogP contribution in [0.25, 0.3) is 0 Å². The van der Waals surface area contributed by atoms with Gasteiger partial charge in [0.15, 0.2) is 0 Å². The minimum absolute atomic E-state index is 0.0729. The predicted octanol–water partition coefficient (Wildman–Crippen LogP) is -0.0527. The minimum Gasteiger partial charge on any atom is -0.497 e. The van der Waals surface area contributed by atoms with Gasteiger partial charge in [-0.2, -0.15) is 0 Å². The Hall–Kier alpha value is -2.08. The molecule has 0 saturated heterocycles. The smallest absolute Gasteiger partial charge is 0.239 e. The zero-order valence-electron chi connectivity index (χ0n) is 11.1. The van der Waals surface area contributed by atoms with Gasteiger partial charge in [0.25, 0.3) is 0 Å². The molecule has 2 amide bonds. The molecule has 0 aliphatic rings. The van der Waals surface area contributed by atoms with Crippen LogP contribution in [-0.4, -0.2) is 32.0 Å². The fraction of sp³-hybridized carbons (Fsp3) is 0.385. The normalized spacial score (nSPS) is 11.5. The third-order valence-corrected chi connectivity index (χ3v) is 2.62. The summed E-state index contributed by atoms with van der Waals surface area (Å²) in [6.45, 7) is 1.67. The highest BCUT2D eigenvalue weighted by Gasteiger charge is 2.10. The van der Waals surface area contributed by atoms with Crippen molar-refractivity contribution in [1.82, 2.24) is 10.6 Å². The first-order valence-electron chi connectivity index (χ1n) is 5.97. The van der Waals surface area contributed by atoms with Gasteiger partial charge in [-0.3, -0.25) is 9.59 Å². The molecule has 6 heteroatoms. The van der Waals surface area contributed by atoms with Crippen LogP contribution in [0.3, 0.4) is 0 Å². The van der Waals surface area contributed by atoms with E-state index in [9.17, 15) is 9.59 Å². The van der Waals surface area contributed by atoms with Crippen LogP contribution < -0.4 is 21.1 Å². The van der Waals surface area contributed by atoms with Crippen LogP contribution in [-0.2, 0) is 9.59 Å². The number of ether oxygens (including phenoxy) is 1. The third-order valence-electron chi connectivity index (χ3n) is 2.62. The van der Waals surface area contributed by atoms with E-state index >= 15 is 0 Å². The van der Waals surface area contributed by atoms with Crippen molar-refractivity contribution in [3.63, 3.8) is 0 Å². The molecule has 1 atom stereocenters. The Morgan fingerprint density at radius 1 is 1.26 bits per heavy atom. The van der Waals surface area contributed by atoms with Gasteiger partial charge in [-0.15, -0.1) is 0 Å². The Morgan fingerprint density at radius 3 is 2.42 bits per heavy atom. The molecule has 0 aromatic heterocycles. The van der Waals surface area contributed by atoms with Crippen molar-refractivity contribution < 1.29 is 14.3 Å². The number of carbonyl (C=O) groups is 2. The van der Waals surface area contributed by atoms with E-state index in [1.165, 1.54) is 0 Å². The highest BCUT2D eigenvalue weighted by Crippen LogP contribution is 2.16. The van der Waals surface area contributed by atoms with Crippen LogP contribution in [0, 0.1) is 0 Å².